The number of nitriles is 1. The van der Waals surface area contributed by atoms with Crippen LogP contribution in [0.2, 0.25) is 0 Å². The second kappa shape index (κ2) is 8.47. The fourth-order valence-electron chi connectivity index (χ4n) is 2.51. The first kappa shape index (κ1) is 18.6. The standard InChI is InChI=1S/C21H17N5O2/c1-14(27)24-17-6-3-7-18(11-17)25-19-8-9-20(23-13-19)21(28)26-16-5-2-4-15(10-16)12-22/h2-11,13,25H,1H3,(H,24,27)(H,26,28). The number of pyridine rings is 1. The number of nitrogens with zero attached hydrogens (tertiary/aromatic N) is 2. The van der Waals surface area contributed by atoms with Crippen LogP contribution in [0.15, 0.2) is 66.9 Å². The summed E-state index contributed by atoms with van der Waals surface area (Å²) in [4.78, 5) is 27.6. The molecular weight excluding hydrogens is 354 g/mol. The van der Waals surface area contributed by atoms with E-state index in [2.05, 4.69) is 20.9 Å². The minimum atomic E-state index is -0.366. The van der Waals surface area contributed by atoms with Crippen LogP contribution in [0.4, 0.5) is 22.7 Å². The van der Waals surface area contributed by atoms with Gasteiger partial charge in [-0.25, -0.2) is 4.98 Å². The van der Waals surface area contributed by atoms with E-state index in [0.29, 0.717) is 22.6 Å². The quantitative estimate of drug-likeness (QED) is 0.630. The van der Waals surface area contributed by atoms with E-state index in [1.54, 1.807) is 54.7 Å². The summed E-state index contributed by atoms with van der Waals surface area (Å²) in [5.74, 6) is -0.510. The molecule has 7 nitrogen and oxygen atoms in total. The number of anilines is 4. The van der Waals surface area contributed by atoms with Crippen molar-refractivity contribution in [3.8, 4) is 6.07 Å². The van der Waals surface area contributed by atoms with Crippen LogP contribution in [0, 0.1) is 11.3 Å². The highest BCUT2D eigenvalue weighted by molar-refractivity contribution is 6.03. The predicted molar refractivity (Wildman–Crippen MR) is 107 cm³/mol. The van der Waals surface area contributed by atoms with E-state index >= 15 is 0 Å². The SMILES string of the molecule is CC(=O)Nc1cccc(Nc2ccc(C(=O)Nc3cccc(C#N)c3)nc2)c1. The first-order chi connectivity index (χ1) is 13.5. The molecule has 0 aliphatic carbocycles. The smallest absolute Gasteiger partial charge is 0.274 e. The van der Waals surface area contributed by atoms with Crippen LogP contribution in [0.25, 0.3) is 0 Å². The molecule has 2 amide bonds. The number of hydrogen-bond acceptors (Lipinski definition) is 5. The molecule has 0 aliphatic heterocycles. The van der Waals surface area contributed by atoms with Gasteiger partial charge in [-0.05, 0) is 48.5 Å². The first-order valence-electron chi connectivity index (χ1n) is 8.46. The zero-order valence-electron chi connectivity index (χ0n) is 15.1. The molecule has 0 radical (unpaired) electrons. The maximum Gasteiger partial charge on any atom is 0.274 e. The van der Waals surface area contributed by atoms with Crippen molar-refractivity contribution < 1.29 is 9.59 Å². The van der Waals surface area contributed by atoms with Crippen molar-refractivity contribution in [1.29, 1.82) is 5.26 Å². The number of carbonyl (C=O) groups is 2. The summed E-state index contributed by atoms with van der Waals surface area (Å²) in [6.07, 6.45) is 1.55. The number of nitrogens with one attached hydrogen (secondary N) is 3. The molecule has 3 rings (SSSR count). The van der Waals surface area contributed by atoms with E-state index in [9.17, 15) is 9.59 Å². The van der Waals surface area contributed by atoms with Gasteiger partial charge in [0.25, 0.3) is 5.91 Å². The van der Waals surface area contributed by atoms with Crippen LogP contribution >= 0.6 is 0 Å². The van der Waals surface area contributed by atoms with E-state index in [0.717, 1.165) is 5.69 Å². The van der Waals surface area contributed by atoms with Crippen molar-refractivity contribution in [2.24, 2.45) is 0 Å². The zero-order chi connectivity index (χ0) is 19.9. The number of benzene rings is 2. The lowest BCUT2D eigenvalue weighted by molar-refractivity contribution is -0.114. The molecule has 0 unspecified atom stereocenters. The van der Waals surface area contributed by atoms with Crippen LogP contribution in [-0.2, 0) is 4.79 Å². The Hall–Kier alpha value is -4.18. The minimum absolute atomic E-state index is 0.144. The second-order valence-electron chi connectivity index (χ2n) is 5.97. The van der Waals surface area contributed by atoms with Gasteiger partial charge in [-0.15, -0.1) is 0 Å². The molecule has 138 valence electrons. The molecule has 0 spiro atoms. The Morgan fingerprint density at radius 3 is 2.29 bits per heavy atom. The van der Waals surface area contributed by atoms with Gasteiger partial charge >= 0.3 is 0 Å². The summed E-state index contributed by atoms with van der Waals surface area (Å²) in [5, 5.41) is 17.5. The Morgan fingerprint density at radius 2 is 1.61 bits per heavy atom. The van der Waals surface area contributed by atoms with Crippen LogP contribution in [0.1, 0.15) is 23.0 Å². The molecular formula is C21H17N5O2. The summed E-state index contributed by atoms with van der Waals surface area (Å²) in [6, 6.07) is 19.3. The number of aromatic nitrogens is 1. The lowest BCUT2D eigenvalue weighted by atomic mass is 10.2. The summed E-state index contributed by atoms with van der Waals surface area (Å²) < 4.78 is 0. The first-order valence-corrected chi connectivity index (χ1v) is 8.46. The van der Waals surface area contributed by atoms with E-state index in [1.165, 1.54) is 6.92 Å². The van der Waals surface area contributed by atoms with Gasteiger partial charge in [0.15, 0.2) is 0 Å². The average Bonchev–Trinajstić information content (AvgIpc) is 2.68. The van der Waals surface area contributed by atoms with E-state index in [-0.39, 0.29) is 17.5 Å². The highest BCUT2D eigenvalue weighted by Crippen LogP contribution is 2.20. The van der Waals surface area contributed by atoms with Crippen LogP contribution in [0.3, 0.4) is 0 Å². The minimum Gasteiger partial charge on any atom is -0.354 e. The monoisotopic (exact) mass is 371 g/mol. The number of hydrogen-bond donors (Lipinski definition) is 3. The highest BCUT2D eigenvalue weighted by Gasteiger charge is 2.08. The lowest BCUT2D eigenvalue weighted by Crippen LogP contribution is -2.13. The molecule has 2 aromatic carbocycles. The third-order valence-electron chi connectivity index (χ3n) is 3.72. The molecule has 0 saturated heterocycles. The largest absolute Gasteiger partial charge is 0.354 e. The third kappa shape index (κ3) is 4.93. The van der Waals surface area contributed by atoms with Gasteiger partial charge in [0.2, 0.25) is 5.91 Å². The van der Waals surface area contributed by atoms with Gasteiger partial charge in [0.1, 0.15) is 5.69 Å². The third-order valence-corrected chi connectivity index (χ3v) is 3.72. The van der Waals surface area contributed by atoms with Gasteiger partial charge < -0.3 is 16.0 Å². The fourth-order valence-corrected chi connectivity index (χ4v) is 2.51. The van der Waals surface area contributed by atoms with E-state index in [4.69, 9.17) is 5.26 Å². The van der Waals surface area contributed by atoms with E-state index in [1.807, 2.05) is 18.2 Å². The van der Waals surface area contributed by atoms with Crippen molar-refractivity contribution in [2.45, 2.75) is 6.92 Å². The summed E-state index contributed by atoms with van der Waals surface area (Å²) in [6.45, 7) is 1.45. The van der Waals surface area contributed by atoms with Gasteiger partial charge in [-0.1, -0.05) is 12.1 Å². The fraction of sp³-hybridized carbons (Fsp3) is 0.0476. The van der Waals surface area contributed by atoms with Crippen molar-refractivity contribution in [1.82, 2.24) is 4.98 Å². The molecule has 0 bridgehead atoms. The Bertz CT molecular complexity index is 1050. The summed E-state index contributed by atoms with van der Waals surface area (Å²) in [7, 11) is 0. The average molecular weight is 371 g/mol. The van der Waals surface area contributed by atoms with Crippen molar-refractivity contribution in [3.05, 3.63) is 78.1 Å². The molecule has 1 heterocycles. The zero-order valence-corrected chi connectivity index (χ0v) is 15.1. The Morgan fingerprint density at radius 1 is 0.893 bits per heavy atom. The molecule has 3 N–H and O–H groups in total. The molecule has 0 saturated carbocycles. The van der Waals surface area contributed by atoms with Gasteiger partial charge in [0, 0.05) is 24.0 Å². The number of carbonyl (C=O) groups excluding carboxylic acids is 2. The Labute approximate surface area is 162 Å². The Kier molecular flexibility index (Phi) is 5.63. The molecule has 0 fully saturated rings. The molecule has 7 heteroatoms. The molecule has 1 aromatic heterocycles. The van der Waals surface area contributed by atoms with Gasteiger partial charge in [0.05, 0.1) is 23.5 Å². The number of rotatable bonds is 5. The van der Waals surface area contributed by atoms with Gasteiger partial charge in [-0.2, -0.15) is 5.26 Å². The summed E-state index contributed by atoms with van der Waals surface area (Å²) in [5.41, 5.74) is 3.40. The molecule has 0 atom stereocenters. The van der Waals surface area contributed by atoms with Crippen LogP contribution < -0.4 is 16.0 Å². The topological polar surface area (TPSA) is 107 Å². The van der Waals surface area contributed by atoms with E-state index < -0.39 is 0 Å². The lowest BCUT2D eigenvalue weighted by Gasteiger charge is -2.09. The second-order valence-corrected chi connectivity index (χ2v) is 5.97. The van der Waals surface area contributed by atoms with Gasteiger partial charge in [-0.3, -0.25) is 9.59 Å². The highest BCUT2D eigenvalue weighted by atomic mass is 16.2. The molecule has 0 aliphatic rings. The summed E-state index contributed by atoms with van der Waals surface area (Å²) >= 11 is 0. The Balaban J connectivity index is 1.67. The van der Waals surface area contributed by atoms with Crippen molar-refractivity contribution in [2.75, 3.05) is 16.0 Å². The van der Waals surface area contributed by atoms with Crippen LogP contribution in [-0.4, -0.2) is 16.8 Å². The number of amides is 2. The van der Waals surface area contributed by atoms with Crippen molar-refractivity contribution in [3.63, 3.8) is 0 Å². The molecule has 3 aromatic rings. The molecule has 28 heavy (non-hydrogen) atoms. The predicted octanol–water partition coefficient (Wildman–Crippen LogP) is 3.91. The van der Waals surface area contributed by atoms with Crippen LogP contribution in [0.5, 0.6) is 0 Å². The normalized spacial score (nSPS) is 9.86. The maximum atomic E-state index is 12.3. The maximum absolute atomic E-state index is 12.3. The van der Waals surface area contributed by atoms with Crippen molar-refractivity contribution >= 4 is 34.6 Å².